The molecule has 0 radical (unpaired) electrons. The Morgan fingerprint density at radius 1 is 1.33 bits per heavy atom. The van der Waals surface area contributed by atoms with Gasteiger partial charge in [0.15, 0.2) is 0 Å². The Hall–Kier alpha value is -2.54. The van der Waals surface area contributed by atoms with E-state index in [0.29, 0.717) is 5.57 Å². The summed E-state index contributed by atoms with van der Waals surface area (Å²) in [4.78, 5) is 22.9. The molecule has 4 heteroatoms. The molecule has 0 bridgehead atoms. The lowest BCUT2D eigenvalue weighted by Crippen LogP contribution is -2.40. The molecule has 0 fully saturated rings. The molecule has 0 saturated heterocycles. The number of hydrogen-bond donors (Lipinski definition) is 1. The molecular weight excluding hydrogens is 266 g/mol. The van der Waals surface area contributed by atoms with Gasteiger partial charge in [-0.25, -0.2) is 4.79 Å². The maximum Gasteiger partial charge on any atom is 0.328 e. The van der Waals surface area contributed by atoms with Crippen LogP contribution in [0.1, 0.15) is 25.8 Å². The van der Waals surface area contributed by atoms with Gasteiger partial charge in [-0.15, -0.1) is 0 Å². The minimum Gasteiger partial charge on any atom is -0.464 e. The summed E-state index contributed by atoms with van der Waals surface area (Å²) in [6.07, 6.45) is 0.234. The molecule has 0 heterocycles. The second-order valence-corrected chi connectivity index (χ2v) is 4.43. The molecule has 1 atom stereocenters. The average molecular weight is 285 g/mol. The molecule has 0 aromatic heterocycles. The van der Waals surface area contributed by atoms with Crippen LogP contribution in [0.5, 0.6) is 0 Å². The molecule has 110 valence electrons. The van der Waals surface area contributed by atoms with Crippen LogP contribution in [0, 0.1) is 11.8 Å². The van der Waals surface area contributed by atoms with Crippen LogP contribution in [0.15, 0.2) is 42.5 Å². The molecule has 0 aliphatic rings. The van der Waals surface area contributed by atoms with E-state index in [4.69, 9.17) is 4.74 Å². The number of carbonyl (C=O) groups excluding carboxylic acids is 2. The van der Waals surface area contributed by atoms with Gasteiger partial charge in [0, 0.05) is 18.9 Å². The van der Waals surface area contributed by atoms with Crippen LogP contribution >= 0.6 is 0 Å². The van der Waals surface area contributed by atoms with Crippen LogP contribution in [0.25, 0.3) is 0 Å². The number of benzene rings is 1. The lowest BCUT2D eigenvalue weighted by molar-refractivity contribution is -0.147. The van der Waals surface area contributed by atoms with E-state index >= 15 is 0 Å². The Morgan fingerprint density at radius 3 is 2.57 bits per heavy atom. The Morgan fingerprint density at radius 2 is 2.00 bits per heavy atom. The van der Waals surface area contributed by atoms with Gasteiger partial charge < -0.3 is 10.1 Å². The second kappa shape index (κ2) is 8.60. The van der Waals surface area contributed by atoms with Gasteiger partial charge in [-0.1, -0.05) is 36.6 Å². The van der Waals surface area contributed by atoms with Crippen LogP contribution in [0.3, 0.4) is 0 Å². The molecule has 1 aromatic carbocycles. The molecule has 1 rings (SSSR count). The molecule has 21 heavy (non-hydrogen) atoms. The monoisotopic (exact) mass is 285 g/mol. The van der Waals surface area contributed by atoms with E-state index in [9.17, 15) is 9.59 Å². The summed E-state index contributed by atoms with van der Waals surface area (Å²) >= 11 is 0. The molecule has 1 amide bonds. The first-order valence-corrected chi connectivity index (χ1v) is 6.71. The van der Waals surface area contributed by atoms with Crippen molar-refractivity contribution in [2.75, 3.05) is 6.61 Å². The van der Waals surface area contributed by atoms with Crippen LogP contribution < -0.4 is 5.32 Å². The summed E-state index contributed by atoms with van der Waals surface area (Å²) in [5.41, 5.74) is 1.43. The van der Waals surface area contributed by atoms with Crippen molar-refractivity contribution >= 4 is 11.9 Å². The lowest BCUT2D eigenvalue weighted by Gasteiger charge is -2.15. The number of esters is 1. The minimum atomic E-state index is -0.750. The van der Waals surface area contributed by atoms with Crippen molar-refractivity contribution in [3.63, 3.8) is 0 Å². The largest absolute Gasteiger partial charge is 0.464 e. The van der Waals surface area contributed by atoms with Gasteiger partial charge >= 0.3 is 5.97 Å². The molecular formula is C17H19NO3. The smallest absolute Gasteiger partial charge is 0.328 e. The number of nitrogens with one attached hydrogen (secondary N) is 1. The zero-order chi connectivity index (χ0) is 15.7. The summed E-state index contributed by atoms with van der Waals surface area (Å²) in [6.45, 7) is 7.15. The van der Waals surface area contributed by atoms with Crippen molar-refractivity contribution in [3.05, 3.63) is 48.0 Å². The number of ether oxygens (including phenoxy) is 1. The van der Waals surface area contributed by atoms with Crippen molar-refractivity contribution in [1.29, 1.82) is 0 Å². The summed E-state index contributed by atoms with van der Waals surface area (Å²) in [7, 11) is 0. The van der Waals surface area contributed by atoms with Crippen LogP contribution in [0.2, 0.25) is 0 Å². The molecule has 0 spiro atoms. The van der Waals surface area contributed by atoms with E-state index in [1.807, 2.05) is 30.3 Å². The number of hydrogen-bond acceptors (Lipinski definition) is 3. The van der Waals surface area contributed by atoms with Crippen molar-refractivity contribution in [3.8, 4) is 11.8 Å². The van der Waals surface area contributed by atoms with Crippen molar-refractivity contribution in [2.45, 2.75) is 26.3 Å². The van der Waals surface area contributed by atoms with Crippen molar-refractivity contribution in [1.82, 2.24) is 5.32 Å². The summed E-state index contributed by atoms with van der Waals surface area (Å²) < 4.78 is 4.93. The zero-order valence-corrected chi connectivity index (χ0v) is 12.3. The third-order valence-electron chi connectivity index (χ3n) is 2.56. The van der Waals surface area contributed by atoms with Gasteiger partial charge in [0.05, 0.1) is 6.61 Å². The Kier molecular flexibility index (Phi) is 6.76. The minimum absolute atomic E-state index is 0.234. The lowest BCUT2D eigenvalue weighted by atomic mass is 10.1. The fourth-order valence-electron chi connectivity index (χ4n) is 1.66. The first-order chi connectivity index (χ1) is 10.0. The molecule has 4 nitrogen and oxygen atoms in total. The maximum atomic E-state index is 11.8. The van der Waals surface area contributed by atoms with Gasteiger partial charge in [-0.3, -0.25) is 4.79 Å². The van der Waals surface area contributed by atoms with E-state index in [-0.39, 0.29) is 18.9 Å². The quantitative estimate of drug-likeness (QED) is 0.665. The van der Waals surface area contributed by atoms with Gasteiger partial charge in [0.1, 0.15) is 6.04 Å². The fourth-order valence-corrected chi connectivity index (χ4v) is 1.66. The van der Waals surface area contributed by atoms with Crippen molar-refractivity contribution in [2.24, 2.45) is 0 Å². The third-order valence-corrected chi connectivity index (χ3v) is 2.56. The highest BCUT2D eigenvalue weighted by Gasteiger charge is 2.21. The third kappa shape index (κ3) is 6.44. The van der Waals surface area contributed by atoms with Crippen LogP contribution in [-0.2, 0) is 14.3 Å². The molecule has 0 aliphatic heterocycles. The molecule has 0 aliphatic carbocycles. The number of carbonyl (C=O) groups is 2. The highest BCUT2D eigenvalue weighted by Crippen LogP contribution is 2.05. The number of rotatable bonds is 5. The van der Waals surface area contributed by atoms with Crippen LogP contribution in [0.4, 0.5) is 0 Å². The maximum absolute atomic E-state index is 11.8. The Bertz CT molecular complexity index is 567. The summed E-state index contributed by atoms with van der Waals surface area (Å²) in [5.74, 6) is 5.08. The zero-order valence-electron chi connectivity index (χ0n) is 12.3. The van der Waals surface area contributed by atoms with Gasteiger partial charge in [0.25, 0.3) is 0 Å². The van der Waals surface area contributed by atoms with E-state index in [1.165, 1.54) is 6.92 Å². The summed E-state index contributed by atoms with van der Waals surface area (Å²) in [5, 5.41) is 2.55. The molecule has 1 aromatic rings. The first kappa shape index (κ1) is 16.5. The second-order valence-electron chi connectivity index (χ2n) is 4.43. The van der Waals surface area contributed by atoms with E-state index in [1.54, 1.807) is 6.92 Å². The standard InChI is InChI=1S/C17H19NO3/c1-4-21-17(20)16(18-14(3)19)12-13(2)10-11-15-8-6-5-7-9-15/h5-9,16H,2,4,12H2,1,3H3,(H,18,19). The fraction of sp³-hybridized carbons (Fsp3) is 0.294. The normalized spacial score (nSPS) is 10.8. The summed E-state index contributed by atoms with van der Waals surface area (Å²) in [6, 6.07) is 8.72. The van der Waals surface area contributed by atoms with Gasteiger partial charge in [0.2, 0.25) is 5.91 Å². The number of amides is 1. The predicted molar refractivity (Wildman–Crippen MR) is 81.3 cm³/mol. The SMILES string of the molecule is C=C(C#Cc1ccccc1)CC(NC(C)=O)C(=O)OCC. The van der Waals surface area contributed by atoms with Gasteiger partial charge in [-0.05, 0) is 24.6 Å². The molecule has 1 unspecified atom stereocenters. The predicted octanol–water partition coefficient (Wildman–Crippen LogP) is 2.05. The van der Waals surface area contributed by atoms with Crippen LogP contribution in [-0.4, -0.2) is 24.5 Å². The topological polar surface area (TPSA) is 55.4 Å². The Balaban J connectivity index is 2.70. The van der Waals surface area contributed by atoms with Gasteiger partial charge in [-0.2, -0.15) is 0 Å². The van der Waals surface area contributed by atoms with Crippen molar-refractivity contribution < 1.29 is 14.3 Å². The average Bonchev–Trinajstić information content (AvgIpc) is 2.45. The highest BCUT2D eigenvalue weighted by molar-refractivity contribution is 5.83. The first-order valence-electron chi connectivity index (χ1n) is 6.71. The Labute approximate surface area is 125 Å². The van der Waals surface area contributed by atoms with E-state index < -0.39 is 12.0 Å². The molecule has 1 N–H and O–H groups in total. The molecule has 0 saturated carbocycles. The highest BCUT2D eigenvalue weighted by atomic mass is 16.5. The van der Waals surface area contributed by atoms with E-state index in [2.05, 4.69) is 23.7 Å². The van der Waals surface area contributed by atoms with E-state index in [0.717, 1.165) is 5.56 Å².